The zero-order valence-corrected chi connectivity index (χ0v) is 13.8. The number of nitrogens with zero attached hydrogens (tertiary/aromatic N) is 2. The van der Waals surface area contributed by atoms with Gasteiger partial charge in [0.15, 0.2) is 0 Å². The van der Waals surface area contributed by atoms with Crippen molar-refractivity contribution < 1.29 is 0 Å². The molecule has 4 rings (SSSR count). The summed E-state index contributed by atoms with van der Waals surface area (Å²) in [7, 11) is 0. The SMILES string of the molecule is Nc1nc(CNC2CCCCC2)nc2sc3c(c12)CCCC3. The topological polar surface area (TPSA) is 63.8 Å². The fourth-order valence-electron chi connectivity index (χ4n) is 3.85. The molecule has 5 heteroatoms. The summed E-state index contributed by atoms with van der Waals surface area (Å²) in [6.07, 6.45) is 11.5. The summed E-state index contributed by atoms with van der Waals surface area (Å²) in [4.78, 5) is 12.0. The van der Waals surface area contributed by atoms with Crippen LogP contribution in [0, 0.1) is 0 Å². The fraction of sp³-hybridized carbons (Fsp3) is 0.647. The van der Waals surface area contributed by atoms with Crippen LogP contribution in [0.3, 0.4) is 0 Å². The maximum absolute atomic E-state index is 6.26. The lowest BCUT2D eigenvalue weighted by atomic mass is 9.95. The molecule has 0 radical (unpaired) electrons. The van der Waals surface area contributed by atoms with Gasteiger partial charge in [0.25, 0.3) is 0 Å². The van der Waals surface area contributed by atoms with Gasteiger partial charge in [-0.25, -0.2) is 9.97 Å². The first-order valence-electron chi connectivity index (χ1n) is 8.61. The predicted octanol–water partition coefficient (Wildman–Crippen LogP) is 3.57. The van der Waals surface area contributed by atoms with Crippen LogP contribution in [-0.2, 0) is 19.4 Å². The van der Waals surface area contributed by atoms with Crippen molar-refractivity contribution in [2.75, 3.05) is 5.73 Å². The molecule has 2 aliphatic carbocycles. The normalized spacial score (nSPS) is 19.5. The number of hydrogen-bond acceptors (Lipinski definition) is 5. The number of nitrogens with one attached hydrogen (secondary N) is 1. The molecule has 0 unspecified atom stereocenters. The van der Waals surface area contributed by atoms with E-state index < -0.39 is 0 Å². The maximum atomic E-state index is 6.26. The third-order valence-corrected chi connectivity index (χ3v) is 6.23. The Hall–Kier alpha value is -1.20. The first-order valence-corrected chi connectivity index (χ1v) is 9.43. The van der Waals surface area contributed by atoms with E-state index in [-0.39, 0.29) is 0 Å². The molecule has 0 aromatic carbocycles. The zero-order chi connectivity index (χ0) is 14.9. The van der Waals surface area contributed by atoms with Gasteiger partial charge in [-0.2, -0.15) is 0 Å². The lowest BCUT2D eigenvalue weighted by molar-refractivity contribution is 0.369. The second-order valence-electron chi connectivity index (χ2n) is 6.63. The highest BCUT2D eigenvalue weighted by atomic mass is 32.1. The van der Waals surface area contributed by atoms with Gasteiger partial charge < -0.3 is 11.1 Å². The Kier molecular flexibility index (Phi) is 4.01. The Morgan fingerprint density at radius 2 is 1.86 bits per heavy atom. The molecule has 1 fully saturated rings. The largest absolute Gasteiger partial charge is 0.383 e. The Morgan fingerprint density at radius 1 is 1.05 bits per heavy atom. The van der Waals surface area contributed by atoms with Crippen molar-refractivity contribution in [3.8, 4) is 0 Å². The Balaban J connectivity index is 1.57. The monoisotopic (exact) mass is 316 g/mol. The van der Waals surface area contributed by atoms with Gasteiger partial charge in [0.1, 0.15) is 16.5 Å². The van der Waals surface area contributed by atoms with Crippen molar-refractivity contribution in [1.29, 1.82) is 0 Å². The summed E-state index contributed by atoms with van der Waals surface area (Å²) in [5.41, 5.74) is 7.69. The van der Waals surface area contributed by atoms with Crippen molar-refractivity contribution in [1.82, 2.24) is 15.3 Å². The van der Waals surface area contributed by atoms with Crippen LogP contribution in [-0.4, -0.2) is 16.0 Å². The number of aromatic nitrogens is 2. The first-order chi connectivity index (χ1) is 10.8. The summed E-state index contributed by atoms with van der Waals surface area (Å²) < 4.78 is 0. The van der Waals surface area contributed by atoms with Crippen LogP contribution in [0.4, 0.5) is 5.82 Å². The number of hydrogen-bond donors (Lipinski definition) is 2. The van der Waals surface area contributed by atoms with E-state index >= 15 is 0 Å². The summed E-state index contributed by atoms with van der Waals surface area (Å²) in [6.45, 7) is 0.743. The second kappa shape index (κ2) is 6.13. The van der Waals surface area contributed by atoms with E-state index in [1.165, 1.54) is 61.8 Å². The minimum absolute atomic E-state index is 0.630. The summed E-state index contributed by atoms with van der Waals surface area (Å²) >= 11 is 1.83. The summed E-state index contributed by atoms with van der Waals surface area (Å²) in [5.74, 6) is 1.54. The van der Waals surface area contributed by atoms with Crippen LogP contribution in [0.15, 0.2) is 0 Å². The predicted molar refractivity (Wildman–Crippen MR) is 92.2 cm³/mol. The van der Waals surface area contributed by atoms with Gasteiger partial charge in [0.2, 0.25) is 0 Å². The highest BCUT2D eigenvalue weighted by molar-refractivity contribution is 7.19. The molecule has 2 aliphatic rings. The van der Waals surface area contributed by atoms with Gasteiger partial charge in [-0.05, 0) is 44.1 Å². The van der Waals surface area contributed by atoms with Crippen molar-refractivity contribution >= 4 is 27.4 Å². The average molecular weight is 316 g/mol. The van der Waals surface area contributed by atoms with Gasteiger partial charge in [0, 0.05) is 10.9 Å². The van der Waals surface area contributed by atoms with E-state index in [0.717, 1.165) is 29.0 Å². The van der Waals surface area contributed by atoms with Gasteiger partial charge in [-0.3, -0.25) is 0 Å². The number of fused-ring (bicyclic) bond motifs is 3. The van der Waals surface area contributed by atoms with Gasteiger partial charge in [-0.1, -0.05) is 19.3 Å². The van der Waals surface area contributed by atoms with E-state index in [1.807, 2.05) is 11.3 Å². The molecule has 4 nitrogen and oxygen atoms in total. The van der Waals surface area contributed by atoms with E-state index in [0.29, 0.717) is 11.9 Å². The van der Waals surface area contributed by atoms with Crippen LogP contribution < -0.4 is 11.1 Å². The van der Waals surface area contributed by atoms with E-state index in [4.69, 9.17) is 10.7 Å². The minimum atomic E-state index is 0.630. The second-order valence-corrected chi connectivity index (χ2v) is 7.72. The molecule has 3 N–H and O–H groups in total. The van der Waals surface area contributed by atoms with Gasteiger partial charge >= 0.3 is 0 Å². The Labute approximate surface area is 135 Å². The number of anilines is 1. The molecule has 2 heterocycles. The molecule has 1 saturated carbocycles. The smallest absolute Gasteiger partial charge is 0.146 e. The van der Waals surface area contributed by atoms with Crippen molar-refractivity contribution in [3.63, 3.8) is 0 Å². The number of aryl methyl sites for hydroxylation is 2. The molecule has 2 aromatic heterocycles. The van der Waals surface area contributed by atoms with Crippen molar-refractivity contribution in [2.45, 2.75) is 70.4 Å². The molecular weight excluding hydrogens is 292 g/mol. The summed E-state index contributed by atoms with van der Waals surface area (Å²) in [6, 6.07) is 0.630. The van der Waals surface area contributed by atoms with Crippen LogP contribution in [0.5, 0.6) is 0 Å². The minimum Gasteiger partial charge on any atom is -0.383 e. The third-order valence-electron chi connectivity index (χ3n) is 5.04. The Bertz CT molecular complexity index is 673. The number of nitrogen functional groups attached to an aromatic ring is 1. The molecule has 0 aliphatic heterocycles. The Morgan fingerprint density at radius 3 is 2.73 bits per heavy atom. The molecular formula is C17H24N4S. The molecule has 118 valence electrons. The fourth-order valence-corrected chi connectivity index (χ4v) is 5.14. The van der Waals surface area contributed by atoms with E-state index in [1.54, 1.807) is 0 Å². The first kappa shape index (κ1) is 14.4. The molecule has 22 heavy (non-hydrogen) atoms. The lowest BCUT2D eigenvalue weighted by Crippen LogP contribution is -2.31. The average Bonchev–Trinajstić information content (AvgIpc) is 2.92. The van der Waals surface area contributed by atoms with Crippen LogP contribution in [0.2, 0.25) is 0 Å². The quantitative estimate of drug-likeness (QED) is 0.908. The molecule has 0 spiro atoms. The highest BCUT2D eigenvalue weighted by Gasteiger charge is 2.20. The third kappa shape index (κ3) is 2.72. The van der Waals surface area contributed by atoms with E-state index in [2.05, 4.69) is 10.3 Å². The molecule has 0 bridgehead atoms. The number of rotatable bonds is 3. The molecule has 0 saturated heterocycles. The molecule has 2 aromatic rings. The van der Waals surface area contributed by atoms with Crippen LogP contribution >= 0.6 is 11.3 Å². The lowest BCUT2D eigenvalue weighted by Gasteiger charge is -2.22. The standard InChI is InChI=1S/C17H24N4S/c18-16-15-12-8-4-5-9-13(12)22-17(15)21-14(20-16)10-19-11-6-2-1-3-7-11/h11,19H,1-10H2,(H2,18,20,21). The number of thiophene rings is 1. The molecule has 0 amide bonds. The maximum Gasteiger partial charge on any atom is 0.146 e. The van der Waals surface area contributed by atoms with Gasteiger partial charge in [-0.15, -0.1) is 11.3 Å². The van der Waals surface area contributed by atoms with Crippen molar-refractivity contribution in [3.05, 3.63) is 16.3 Å². The molecule has 0 atom stereocenters. The van der Waals surface area contributed by atoms with E-state index in [9.17, 15) is 0 Å². The van der Waals surface area contributed by atoms with Crippen LogP contribution in [0.1, 0.15) is 61.2 Å². The summed E-state index contributed by atoms with van der Waals surface area (Å²) in [5, 5.41) is 4.76. The van der Waals surface area contributed by atoms with Crippen LogP contribution in [0.25, 0.3) is 10.2 Å². The van der Waals surface area contributed by atoms with Crippen molar-refractivity contribution in [2.24, 2.45) is 0 Å². The highest BCUT2D eigenvalue weighted by Crippen LogP contribution is 2.37. The number of nitrogens with two attached hydrogens (primary N) is 1. The zero-order valence-electron chi connectivity index (χ0n) is 13.0. The van der Waals surface area contributed by atoms with Gasteiger partial charge in [0.05, 0.1) is 11.9 Å².